The van der Waals surface area contributed by atoms with Gasteiger partial charge in [0, 0.05) is 18.3 Å². The molecule has 0 fully saturated rings. The van der Waals surface area contributed by atoms with Gasteiger partial charge >= 0.3 is 0 Å². The standard InChI is InChI=1S/C12H15N3O/c1-9-5-7-16-12(9)11(15-13)8-10-4-2-3-6-14-10/h2-7,11,15H,8,13H2,1H3. The molecule has 0 aliphatic carbocycles. The average molecular weight is 217 g/mol. The van der Waals surface area contributed by atoms with Crippen molar-refractivity contribution in [1.82, 2.24) is 10.4 Å². The van der Waals surface area contributed by atoms with Gasteiger partial charge in [-0.25, -0.2) is 5.43 Å². The largest absolute Gasteiger partial charge is 0.467 e. The molecule has 2 aromatic heterocycles. The van der Waals surface area contributed by atoms with Crippen molar-refractivity contribution >= 4 is 0 Å². The van der Waals surface area contributed by atoms with Crippen LogP contribution in [-0.2, 0) is 6.42 Å². The zero-order valence-corrected chi connectivity index (χ0v) is 9.18. The quantitative estimate of drug-likeness (QED) is 0.604. The number of furan rings is 1. The maximum atomic E-state index is 5.54. The molecular formula is C12H15N3O. The summed E-state index contributed by atoms with van der Waals surface area (Å²) in [5, 5.41) is 0. The van der Waals surface area contributed by atoms with Gasteiger partial charge in [0.05, 0.1) is 12.3 Å². The number of nitrogens with zero attached hydrogens (tertiary/aromatic N) is 1. The number of aryl methyl sites for hydroxylation is 1. The van der Waals surface area contributed by atoms with E-state index in [1.54, 1.807) is 12.5 Å². The SMILES string of the molecule is Cc1ccoc1C(Cc1ccccn1)NN. The minimum atomic E-state index is -0.0371. The van der Waals surface area contributed by atoms with E-state index in [9.17, 15) is 0 Å². The summed E-state index contributed by atoms with van der Waals surface area (Å²) < 4.78 is 5.42. The van der Waals surface area contributed by atoms with E-state index >= 15 is 0 Å². The minimum Gasteiger partial charge on any atom is -0.467 e. The molecule has 2 heterocycles. The predicted octanol–water partition coefficient (Wildman–Crippen LogP) is 1.73. The Labute approximate surface area is 94.5 Å². The first-order chi connectivity index (χ1) is 7.81. The summed E-state index contributed by atoms with van der Waals surface area (Å²) in [5.41, 5.74) is 4.84. The van der Waals surface area contributed by atoms with Gasteiger partial charge in [-0.1, -0.05) is 6.07 Å². The summed E-state index contributed by atoms with van der Waals surface area (Å²) >= 11 is 0. The van der Waals surface area contributed by atoms with Gasteiger partial charge < -0.3 is 4.42 Å². The number of nitrogens with two attached hydrogens (primary N) is 1. The summed E-state index contributed by atoms with van der Waals surface area (Å²) in [6.07, 6.45) is 4.16. The summed E-state index contributed by atoms with van der Waals surface area (Å²) in [6, 6.07) is 7.72. The number of hydrogen-bond donors (Lipinski definition) is 2. The number of nitrogens with one attached hydrogen (secondary N) is 1. The van der Waals surface area contributed by atoms with Crippen LogP contribution in [0.15, 0.2) is 41.1 Å². The summed E-state index contributed by atoms with van der Waals surface area (Å²) in [6.45, 7) is 2.00. The lowest BCUT2D eigenvalue weighted by Gasteiger charge is -2.13. The van der Waals surface area contributed by atoms with E-state index in [0.29, 0.717) is 6.42 Å². The fourth-order valence-electron chi connectivity index (χ4n) is 1.70. The maximum absolute atomic E-state index is 5.54. The number of pyridine rings is 1. The van der Waals surface area contributed by atoms with E-state index in [1.807, 2.05) is 31.2 Å². The normalized spacial score (nSPS) is 12.6. The smallest absolute Gasteiger partial charge is 0.125 e. The molecular weight excluding hydrogens is 202 g/mol. The second kappa shape index (κ2) is 4.92. The van der Waals surface area contributed by atoms with Crippen molar-refractivity contribution in [2.45, 2.75) is 19.4 Å². The topological polar surface area (TPSA) is 64.1 Å². The molecule has 3 N–H and O–H groups in total. The lowest BCUT2D eigenvalue weighted by atomic mass is 10.1. The Morgan fingerprint density at radius 3 is 2.88 bits per heavy atom. The lowest BCUT2D eigenvalue weighted by molar-refractivity contribution is 0.411. The third-order valence-electron chi connectivity index (χ3n) is 2.56. The van der Waals surface area contributed by atoms with Crippen molar-refractivity contribution in [3.63, 3.8) is 0 Å². The molecule has 2 aromatic rings. The van der Waals surface area contributed by atoms with Gasteiger partial charge in [-0.05, 0) is 30.7 Å². The molecule has 4 heteroatoms. The monoisotopic (exact) mass is 217 g/mol. The van der Waals surface area contributed by atoms with Gasteiger partial charge in [0.25, 0.3) is 0 Å². The van der Waals surface area contributed by atoms with Gasteiger partial charge in [0.15, 0.2) is 0 Å². The van der Waals surface area contributed by atoms with E-state index in [0.717, 1.165) is 17.0 Å². The van der Waals surface area contributed by atoms with E-state index in [1.165, 1.54) is 0 Å². The molecule has 84 valence electrons. The Morgan fingerprint density at radius 2 is 2.31 bits per heavy atom. The fraction of sp³-hybridized carbons (Fsp3) is 0.250. The van der Waals surface area contributed by atoms with Crippen LogP contribution in [0.25, 0.3) is 0 Å². The second-order valence-electron chi connectivity index (χ2n) is 3.71. The van der Waals surface area contributed by atoms with Crippen LogP contribution in [0, 0.1) is 6.92 Å². The average Bonchev–Trinajstić information content (AvgIpc) is 2.74. The van der Waals surface area contributed by atoms with Crippen LogP contribution in [0.4, 0.5) is 0 Å². The third-order valence-corrected chi connectivity index (χ3v) is 2.56. The second-order valence-corrected chi connectivity index (χ2v) is 3.71. The highest BCUT2D eigenvalue weighted by molar-refractivity contribution is 5.20. The molecule has 2 rings (SSSR count). The van der Waals surface area contributed by atoms with Crippen LogP contribution < -0.4 is 11.3 Å². The highest BCUT2D eigenvalue weighted by atomic mass is 16.3. The third kappa shape index (κ3) is 2.29. The molecule has 16 heavy (non-hydrogen) atoms. The lowest BCUT2D eigenvalue weighted by Crippen LogP contribution is -2.29. The summed E-state index contributed by atoms with van der Waals surface area (Å²) in [4.78, 5) is 4.27. The number of aromatic nitrogens is 1. The van der Waals surface area contributed by atoms with Gasteiger partial charge in [0.2, 0.25) is 0 Å². The summed E-state index contributed by atoms with van der Waals surface area (Å²) in [5.74, 6) is 6.41. The van der Waals surface area contributed by atoms with E-state index < -0.39 is 0 Å². The Morgan fingerprint density at radius 1 is 1.44 bits per heavy atom. The molecule has 0 saturated heterocycles. The van der Waals surface area contributed by atoms with Crippen LogP contribution in [0.3, 0.4) is 0 Å². The first kappa shape index (κ1) is 10.9. The van der Waals surface area contributed by atoms with Crippen LogP contribution in [0.5, 0.6) is 0 Å². The first-order valence-corrected chi connectivity index (χ1v) is 5.21. The fourth-order valence-corrected chi connectivity index (χ4v) is 1.70. The molecule has 1 atom stereocenters. The molecule has 0 bridgehead atoms. The molecule has 0 aliphatic heterocycles. The number of hydrazine groups is 1. The molecule has 0 saturated carbocycles. The Hall–Kier alpha value is -1.65. The Balaban J connectivity index is 2.16. The highest BCUT2D eigenvalue weighted by Gasteiger charge is 2.16. The van der Waals surface area contributed by atoms with Crippen molar-refractivity contribution in [1.29, 1.82) is 0 Å². The summed E-state index contributed by atoms with van der Waals surface area (Å²) in [7, 11) is 0. The number of rotatable bonds is 4. The van der Waals surface area contributed by atoms with Crippen molar-refractivity contribution in [3.05, 3.63) is 53.7 Å². The van der Waals surface area contributed by atoms with Crippen LogP contribution in [-0.4, -0.2) is 4.98 Å². The van der Waals surface area contributed by atoms with Crippen LogP contribution >= 0.6 is 0 Å². The molecule has 4 nitrogen and oxygen atoms in total. The molecule has 0 spiro atoms. The zero-order chi connectivity index (χ0) is 11.4. The highest BCUT2D eigenvalue weighted by Crippen LogP contribution is 2.20. The van der Waals surface area contributed by atoms with Crippen molar-refractivity contribution < 1.29 is 4.42 Å². The van der Waals surface area contributed by atoms with E-state index in [2.05, 4.69) is 10.4 Å². The predicted molar refractivity (Wildman–Crippen MR) is 61.5 cm³/mol. The van der Waals surface area contributed by atoms with Gasteiger partial charge in [-0.3, -0.25) is 10.8 Å². The molecule has 0 aliphatic rings. The molecule has 0 radical (unpaired) electrons. The maximum Gasteiger partial charge on any atom is 0.125 e. The van der Waals surface area contributed by atoms with Gasteiger partial charge in [-0.15, -0.1) is 0 Å². The molecule has 0 amide bonds. The molecule has 0 aromatic carbocycles. The van der Waals surface area contributed by atoms with Gasteiger partial charge in [0.1, 0.15) is 5.76 Å². The number of hydrogen-bond acceptors (Lipinski definition) is 4. The van der Waals surface area contributed by atoms with Crippen molar-refractivity contribution in [2.75, 3.05) is 0 Å². The first-order valence-electron chi connectivity index (χ1n) is 5.21. The minimum absolute atomic E-state index is 0.0371. The Kier molecular flexibility index (Phi) is 3.34. The van der Waals surface area contributed by atoms with Crippen LogP contribution in [0.1, 0.15) is 23.1 Å². The zero-order valence-electron chi connectivity index (χ0n) is 9.18. The van der Waals surface area contributed by atoms with E-state index in [4.69, 9.17) is 10.3 Å². The van der Waals surface area contributed by atoms with Crippen LogP contribution in [0.2, 0.25) is 0 Å². The Bertz CT molecular complexity index is 439. The molecule has 1 unspecified atom stereocenters. The van der Waals surface area contributed by atoms with Gasteiger partial charge in [-0.2, -0.15) is 0 Å². The van der Waals surface area contributed by atoms with E-state index in [-0.39, 0.29) is 6.04 Å². The van der Waals surface area contributed by atoms with Crippen molar-refractivity contribution in [2.24, 2.45) is 5.84 Å². The van der Waals surface area contributed by atoms with Crippen molar-refractivity contribution in [3.8, 4) is 0 Å².